The first kappa shape index (κ1) is 13.0. The second-order valence-corrected chi connectivity index (χ2v) is 7.84. The lowest BCUT2D eigenvalue weighted by atomic mass is 10.4. The molecule has 0 atom stereocenters. The van der Waals surface area contributed by atoms with Gasteiger partial charge in [-0.15, -0.1) is 34.0 Å². The zero-order valence-electron chi connectivity index (χ0n) is 9.42. The molecule has 19 heavy (non-hydrogen) atoms. The third-order valence-electron chi connectivity index (χ3n) is 2.30. The average Bonchev–Trinajstić information content (AvgIpc) is 3.07. The number of carbonyl (C=O) groups is 1. The molecule has 3 aromatic heterocycles. The predicted molar refractivity (Wildman–Crippen MR) is 85.4 cm³/mol. The first-order valence-corrected chi connectivity index (χ1v) is 8.65. The normalized spacial score (nSPS) is 10.6. The van der Waals surface area contributed by atoms with Gasteiger partial charge >= 0.3 is 0 Å². The van der Waals surface area contributed by atoms with Gasteiger partial charge in [-0.05, 0) is 39.5 Å². The third-order valence-corrected chi connectivity index (χ3v) is 5.57. The fourth-order valence-electron chi connectivity index (χ4n) is 1.46. The molecule has 7 heteroatoms. The van der Waals surface area contributed by atoms with Crippen LogP contribution in [0.5, 0.6) is 0 Å². The summed E-state index contributed by atoms with van der Waals surface area (Å²) in [5, 5.41) is 7.40. The van der Waals surface area contributed by atoms with Gasteiger partial charge in [-0.1, -0.05) is 6.07 Å². The van der Waals surface area contributed by atoms with Crippen molar-refractivity contribution in [2.75, 3.05) is 5.32 Å². The highest BCUT2D eigenvalue weighted by Crippen LogP contribution is 2.29. The molecule has 0 aliphatic carbocycles. The molecule has 0 radical (unpaired) electrons. The Morgan fingerprint density at radius 1 is 1.26 bits per heavy atom. The minimum Gasteiger partial charge on any atom is -0.297 e. The molecule has 3 aromatic rings. The lowest BCUT2D eigenvalue weighted by Crippen LogP contribution is -2.09. The van der Waals surface area contributed by atoms with Gasteiger partial charge in [0, 0.05) is 5.38 Å². The van der Waals surface area contributed by atoms with Crippen LogP contribution in [-0.2, 0) is 0 Å². The van der Waals surface area contributed by atoms with Crippen LogP contribution in [-0.4, -0.2) is 10.9 Å². The SMILES string of the molecule is O=C(Nc1nc(-c2cccs2)cs1)c1ccc(Br)s1. The predicted octanol–water partition coefficient (Wildman–Crippen LogP) is 4.95. The van der Waals surface area contributed by atoms with Crippen molar-refractivity contribution in [2.24, 2.45) is 0 Å². The number of hydrogen-bond acceptors (Lipinski definition) is 5. The van der Waals surface area contributed by atoms with Crippen molar-refractivity contribution in [3.05, 3.63) is 43.7 Å². The molecule has 0 bridgehead atoms. The van der Waals surface area contributed by atoms with Gasteiger partial charge in [-0.3, -0.25) is 10.1 Å². The van der Waals surface area contributed by atoms with Gasteiger partial charge in [0.2, 0.25) is 0 Å². The van der Waals surface area contributed by atoms with Crippen LogP contribution in [0.15, 0.2) is 38.8 Å². The highest BCUT2D eigenvalue weighted by Gasteiger charge is 2.12. The minimum absolute atomic E-state index is 0.122. The number of anilines is 1. The lowest BCUT2D eigenvalue weighted by Gasteiger charge is -1.97. The van der Waals surface area contributed by atoms with E-state index in [1.54, 1.807) is 17.4 Å². The number of amides is 1. The Kier molecular flexibility index (Phi) is 3.79. The highest BCUT2D eigenvalue weighted by molar-refractivity contribution is 9.11. The minimum atomic E-state index is -0.122. The molecule has 3 heterocycles. The summed E-state index contributed by atoms with van der Waals surface area (Å²) in [6, 6.07) is 7.65. The summed E-state index contributed by atoms with van der Waals surface area (Å²) < 4.78 is 0.941. The Morgan fingerprint density at radius 2 is 2.16 bits per heavy atom. The topological polar surface area (TPSA) is 42.0 Å². The fourth-order valence-corrected chi connectivity index (χ4v) is 4.21. The van der Waals surface area contributed by atoms with Crippen LogP contribution in [0.4, 0.5) is 5.13 Å². The van der Waals surface area contributed by atoms with Crippen molar-refractivity contribution in [3.8, 4) is 10.6 Å². The molecule has 0 aromatic carbocycles. The molecule has 3 nitrogen and oxygen atoms in total. The van der Waals surface area contributed by atoms with Crippen molar-refractivity contribution in [3.63, 3.8) is 0 Å². The molecular weight excluding hydrogens is 364 g/mol. The summed E-state index contributed by atoms with van der Waals surface area (Å²) in [6.07, 6.45) is 0. The zero-order chi connectivity index (χ0) is 13.2. The molecule has 0 saturated carbocycles. The Bertz CT molecular complexity index is 702. The van der Waals surface area contributed by atoms with Crippen LogP contribution in [0.1, 0.15) is 9.67 Å². The summed E-state index contributed by atoms with van der Waals surface area (Å²) in [5.41, 5.74) is 0.905. The van der Waals surface area contributed by atoms with Crippen LogP contribution >= 0.6 is 49.9 Å². The van der Waals surface area contributed by atoms with E-state index < -0.39 is 0 Å². The highest BCUT2D eigenvalue weighted by atomic mass is 79.9. The van der Waals surface area contributed by atoms with Gasteiger partial charge in [0.25, 0.3) is 5.91 Å². The van der Waals surface area contributed by atoms with Crippen molar-refractivity contribution < 1.29 is 4.79 Å². The van der Waals surface area contributed by atoms with Crippen LogP contribution in [0.2, 0.25) is 0 Å². The molecule has 0 saturated heterocycles. The number of hydrogen-bond donors (Lipinski definition) is 1. The van der Waals surface area contributed by atoms with E-state index in [9.17, 15) is 4.79 Å². The van der Waals surface area contributed by atoms with E-state index in [-0.39, 0.29) is 5.91 Å². The Hall–Kier alpha value is -1.02. The molecule has 3 rings (SSSR count). The molecule has 1 N–H and O–H groups in total. The van der Waals surface area contributed by atoms with Gasteiger partial charge in [0.05, 0.1) is 19.2 Å². The molecule has 1 amide bonds. The Balaban J connectivity index is 1.76. The monoisotopic (exact) mass is 370 g/mol. The van der Waals surface area contributed by atoms with Gasteiger partial charge in [-0.25, -0.2) is 4.98 Å². The maximum absolute atomic E-state index is 12.0. The van der Waals surface area contributed by atoms with Crippen LogP contribution in [0.3, 0.4) is 0 Å². The largest absolute Gasteiger partial charge is 0.297 e. The number of carbonyl (C=O) groups excluding carboxylic acids is 1. The van der Waals surface area contributed by atoms with Gasteiger partial charge in [0.15, 0.2) is 5.13 Å². The number of nitrogens with zero attached hydrogens (tertiary/aromatic N) is 1. The van der Waals surface area contributed by atoms with E-state index in [0.717, 1.165) is 14.4 Å². The summed E-state index contributed by atoms with van der Waals surface area (Å²) >= 11 is 7.82. The first-order valence-electron chi connectivity index (χ1n) is 5.28. The number of thiazole rings is 1. The number of thiophene rings is 2. The van der Waals surface area contributed by atoms with Crippen LogP contribution in [0, 0.1) is 0 Å². The Morgan fingerprint density at radius 3 is 2.84 bits per heavy atom. The summed E-state index contributed by atoms with van der Waals surface area (Å²) in [4.78, 5) is 18.2. The van der Waals surface area contributed by atoms with Gasteiger partial charge in [-0.2, -0.15) is 0 Å². The third kappa shape index (κ3) is 2.94. The van der Waals surface area contributed by atoms with E-state index in [4.69, 9.17) is 0 Å². The number of aromatic nitrogens is 1. The summed E-state index contributed by atoms with van der Waals surface area (Å²) in [7, 11) is 0. The number of rotatable bonds is 3. The number of nitrogens with one attached hydrogen (secondary N) is 1. The molecule has 0 aliphatic heterocycles. The second kappa shape index (κ2) is 5.54. The second-order valence-electron chi connectivity index (χ2n) is 3.57. The van der Waals surface area contributed by atoms with Crippen molar-refractivity contribution in [2.45, 2.75) is 0 Å². The number of halogens is 1. The molecule has 0 fully saturated rings. The van der Waals surface area contributed by atoms with Crippen molar-refractivity contribution in [1.29, 1.82) is 0 Å². The van der Waals surface area contributed by atoms with Gasteiger partial charge in [0.1, 0.15) is 0 Å². The van der Waals surface area contributed by atoms with E-state index in [1.165, 1.54) is 22.7 Å². The summed E-state index contributed by atoms with van der Waals surface area (Å²) in [5.74, 6) is -0.122. The fraction of sp³-hybridized carbons (Fsp3) is 0. The van der Waals surface area contributed by atoms with E-state index >= 15 is 0 Å². The zero-order valence-corrected chi connectivity index (χ0v) is 13.5. The smallest absolute Gasteiger partial charge is 0.267 e. The van der Waals surface area contributed by atoms with E-state index in [0.29, 0.717) is 10.0 Å². The lowest BCUT2D eigenvalue weighted by molar-refractivity contribution is 0.103. The van der Waals surface area contributed by atoms with Crippen LogP contribution < -0.4 is 5.32 Å². The molecule has 0 spiro atoms. The van der Waals surface area contributed by atoms with E-state index in [1.807, 2.05) is 29.0 Å². The van der Waals surface area contributed by atoms with Crippen LogP contribution in [0.25, 0.3) is 10.6 Å². The molecule has 0 unspecified atom stereocenters. The van der Waals surface area contributed by atoms with Crippen molar-refractivity contribution in [1.82, 2.24) is 4.98 Å². The Labute approximate surface area is 130 Å². The molecule has 0 aliphatic rings. The first-order chi connectivity index (χ1) is 9.22. The molecule has 96 valence electrons. The van der Waals surface area contributed by atoms with Gasteiger partial charge < -0.3 is 0 Å². The maximum Gasteiger partial charge on any atom is 0.267 e. The van der Waals surface area contributed by atoms with E-state index in [2.05, 4.69) is 26.2 Å². The van der Waals surface area contributed by atoms with Crippen molar-refractivity contribution >= 4 is 61.0 Å². The maximum atomic E-state index is 12.0. The average molecular weight is 371 g/mol. The standard InChI is InChI=1S/C12H7BrN2OS3/c13-10-4-3-9(19-10)11(16)15-12-14-7(6-18-12)8-2-1-5-17-8/h1-6H,(H,14,15,16). The molecular formula is C12H7BrN2OS3. The summed E-state index contributed by atoms with van der Waals surface area (Å²) in [6.45, 7) is 0. The quantitative estimate of drug-likeness (QED) is 0.708.